The van der Waals surface area contributed by atoms with Gasteiger partial charge in [0.05, 0.1) is 28.2 Å². The number of amidine groups is 1. The van der Waals surface area contributed by atoms with Gasteiger partial charge < -0.3 is 14.5 Å². The first kappa shape index (κ1) is 21.4. The highest BCUT2D eigenvalue weighted by atomic mass is 32.2. The summed E-state index contributed by atoms with van der Waals surface area (Å²) in [7, 11) is 1.48. The Morgan fingerprint density at radius 1 is 1.16 bits per heavy atom. The molecule has 1 aromatic heterocycles. The molecule has 162 valence electrons. The van der Waals surface area contributed by atoms with Gasteiger partial charge in [-0.3, -0.25) is 14.9 Å². The van der Waals surface area contributed by atoms with E-state index in [-0.39, 0.29) is 11.6 Å². The molecular weight excluding hydrogens is 430 g/mol. The van der Waals surface area contributed by atoms with Crippen LogP contribution in [-0.2, 0) is 4.79 Å². The number of ether oxygens (including phenoxy) is 1. The SMILES string of the molecule is COc1ccc([N+](=O)[O-])cc1-c1ccc(/C=C2\SC(=Nc3cc(C)ccc3C)NC2=O)o1. The van der Waals surface area contributed by atoms with Gasteiger partial charge in [0.1, 0.15) is 17.3 Å². The zero-order valence-corrected chi connectivity index (χ0v) is 18.4. The Labute approximate surface area is 188 Å². The fourth-order valence-electron chi connectivity index (χ4n) is 3.14. The summed E-state index contributed by atoms with van der Waals surface area (Å²) in [5, 5.41) is 14.4. The number of carbonyl (C=O) groups is 1. The second-order valence-electron chi connectivity index (χ2n) is 7.12. The Hall–Kier alpha value is -3.85. The molecule has 4 rings (SSSR count). The minimum atomic E-state index is -0.481. The maximum atomic E-state index is 12.4. The average Bonchev–Trinajstić information content (AvgIpc) is 3.37. The van der Waals surface area contributed by atoms with Gasteiger partial charge in [-0.1, -0.05) is 12.1 Å². The van der Waals surface area contributed by atoms with E-state index in [1.807, 2.05) is 32.0 Å². The number of hydrogen-bond donors (Lipinski definition) is 1. The van der Waals surface area contributed by atoms with Gasteiger partial charge in [-0.2, -0.15) is 0 Å². The van der Waals surface area contributed by atoms with Crippen LogP contribution in [0.1, 0.15) is 16.9 Å². The minimum absolute atomic E-state index is 0.0740. The second kappa shape index (κ2) is 8.72. The zero-order chi connectivity index (χ0) is 22.8. The molecule has 32 heavy (non-hydrogen) atoms. The smallest absolute Gasteiger partial charge is 0.270 e. The summed E-state index contributed by atoms with van der Waals surface area (Å²) in [5.41, 5.74) is 3.27. The third-order valence-electron chi connectivity index (χ3n) is 4.80. The van der Waals surface area contributed by atoms with Crippen LogP contribution >= 0.6 is 11.8 Å². The average molecular weight is 449 g/mol. The van der Waals surface area contributed by atoms with Crippen LogP contribution in [0.3, 0.4) is 0 Å². The van der Waals surface area contributed by atoms with E-state index < -0.39 is 4.92 Å². The highest BCUT2D eigenvalue weighted by Gasteiger charge is 2.25. The Balaban J connectivity index is 1.61. The largest absolute Gasteiger partial charge is 0.496 e. The third-order valence-corrected chi connectivity index (χ3v) is 5.71. The van der Waals surface area contributed by atoms with E-state index in [0.29, 0.717) is 32.9 Å². The molecule has 2 heterocycles. The summed E-state index contributed by atoms with van der Waals surface area (Å²) in [6, 6.07) is 13.6. The maximum Gasteiger partial charge on any atom is 0.270 e. The number of furan rings is 1. The molecule has 1 saturated heterocycles. The Kier molecular flexibility index (Phi) is 5.83. The van der Waals surface area contributed by atoms with E-state index in [1.54, 1.807) is 18.2 Å². The number of benzene rings is 2. The molecule has 1 aliphatic heterocycles. The number of nitro benzene ring substituents is 1. The lowest BCUT2D eigenvalue weighted by molar-refractivity contribution is -0.384. The van der Waals surface area contributed by atoms with Crippen molar-refractivity contribution in [2.75, 3.05) is 7.11 Å². The van der Waals surface area contributed by atoms with Crippen LogP contribution in [0.4, 0.5) is 11.4 Å². The normalized spacial score (nSPS) is 15.9. The van der Waals surface area contributed by atoms with Gasteiger partial charge in [-0.05, 0) is 61.0 Å². The van der Waals surface area contributed by atoms with Crippen molar-refractivity contribution >= 4 is 40.3 Å². The van der Waals surface area contributed by atoms with Gasteiger partial charge in [-0.25, -0.2) is 4.99 Å². The summed E-state index contributed by atoms with van der Waals surface area (Å²) in [4.78, 5) is 28.0. The number of amides is 1. The zero-order valence-electron chi connectivity index (χ0n) is 17.5. The van der Waals surface area contributed by atoms with Crippen molar-refractivity contribution in [3.05, 3.63) is 80.4 Å². The molecule has 1 amide bonds. The molecule has 0 saturated carbocycles. The van der Waals surface area contributed by atoms with Gasteiger partial charge in [0.25, 0.3) is 11.6 Å². The van der Waals surface area contributed by atoms with Gasteiger partial charge >= 0.3 is 0 Å². The molecule has 0 unspecified atom stereocenters. The van der Waals surface area contributed by atoms with E-state index in [2.05, 4.69) is 10.3 Å². The molecule has 9 heteroatoms. The predicted octanol–water partition coefficient (Wildman–Crippen LogP) is 5.37. The van der Waals surface area contributed by atoms with Crippen LogP contribution in [0.25, 0.3) is 17.4 Å². The molecule has 0 aliphatic carbocycles. The first-order chi connectivity index (χ1) is 15.3. The van der Waals surface area contributed by atoms with Crippen LogP contribution in [0.15, 0.2) is 62.8 Å². The lowest BCUT2D eigenvalue weighted by Gasteiger charge is -2.05. The number of non-ortho nitro benzene ring substituents is 1. The van der Waals surface area contributed by atoms with Crippen LogP contribution in [0.2, 0.25) is 0 Å². The van der Waals surface area contributed by atoms with Crippen LogP contribution in [0, 0.1) is 24.0 Å². The highest BCUT2D eigenvalue weighted by Crippen LogP contribution is 2.36. The van der Waals surface area contributed by atoms with Gasteiger partial charge in [0, 0.05) is 18.2 Å². The molecule has 0 spiro atoms. The highest BCUT2D eigenvalue weighted by molar-refractivity contribution is 8.18. The molecule has 1 aliphatic rings. The molecule has 0 radical (unpaired) electrons. The molecule has 1 fully saturated rings. The van der Waals surface area contributed by atoms with Crippen molar-refractivity contribution in [2.24, 2.45) is 4.99 Å². The van der Waals surface area contributed by atoms with Crippen LogP contribution < -0.4 is 10.1 Å². The summed E-state index contributed by atoms with van der Waals surface area (Å²) in [6.07, 6.45) is 1.61. The fourth-order valence-corrected chi connectivity index (χ4v) is 3.95. The van der Waals surface area contributed by atoms with Gasteiger partial charge in [-0.15, -0.1) is 0 Å². The number of aryl methyl sites for hydroxylation is 2. The molecule has 8 nitrogen and oxygen atoms in total. The van der Waals surface area contributed by atoms with Crippen LogP contribution in [-0.4, -0.2) is 23.1 Å². The van der Waals surface area contributed by atoms with Gasteiger partial charge in [0.2, 0.25) is 0 Å². The van der Waals surface area contributed by atoms with E-state index in [9.17, 15) is 14.9 Å². The lowest BCUT2D eigenvalue weighted by atomic mass is 10.1. The van der Waals surface area contributed by atoms with Crippen molar-refractivity contribution < 1.29 is 18.9 Å². The number of nitrogens with one attached hydrogen (secondary N) is 1. The number of methoxy groups -OCH3 is 1. The topological polar surface area (TPSA) is 107 Å². The first-order valence-corrected chi connectivity index (χ1v) is 10.4. The number of aliphatic imine (C=N–C) groups is 1. The molecule has 3 aromatic rings. The first-order valence-electron chi connectivity index (χ1n) is 9.63. The standard InChI is InChI=1S/C23H19N3O5S/c1-13-4-5-14(2)18(10-13)24-23-25-22(27)21(32-23)12-16-7-9-20(31-16)17-11-15(26(28)29)6-8-19(17)30-3/h4-12H,1-3H3,(H,24,25,27)/b21-12-. The Morgan fingerprint density at radius 3 is 2.72 bits per heavy atom. The van der Waals surface area contributed by atoms with E-state index in [1.165, 1.54) is 37.1 Å². The number of nitrogens with zero attached hydrogens (tertiary/aromatic N) is 2. The molecule has 0 atom stereocenters. The Morgan fingerprint density at radius 2 is 1.97 bits per heavy atom. The number of nitro groups is 1. The van der Waals surface area contributed by atoms with Crippen molar-refractivity contribution in [1.29, 1.82) is 0 Å². The van der Waals surface area contributed by atoms with Crippen molar-refractivity contribution in [2.45, 2.75) is 13.8 Å². The number of rotatable bonds is 5. The fraction of sp³-hybridized carbons (Fsp3) is 0.130. The molecule has 1 N–H and O–H groups in total. The summed E-state index contributed by atoms with van der Waals surface area (Å²) in [6.45, 7) is 3.95. The van der Waals surface area contributed by atoms with Crippen molar-refractivity contribution in [3.63, 3.8) is 0 Å². The van der Waals surface area contributed by atoms with E-state index in [0.717, 1.165) is 16.8 Å². The monoisotopic (exact) mass is 449 g/mol. The quantitative estimate of drug-likeness (QED) is 0.319. The van der Waals surface area contributed by atoms with Crippen molar-refractivity contribution in [1.82, 2.24) is 5.32 Å². The summed E-state index contributed by atoms with van der Waals surface area (Å²) >= 11 is 1.22. The lowest BCUT2D eigenvalue weighted by Crippen LogP contribution is -2.19. The van der Waals surface area contributed by atoms with E-state index in [4.69, 9.17) is 9.15 Å². The molecular formula is C23H19N3O5S. The maximum absolute atomic E-state index is 12.4. The predicted molar refractivity (Wildman–Crippen MR) is 124 cm³/mol. The van der Waals surface area contributed by atoms with Crippen molar-refractivity contribution in [3.8, 4) is 17.1 Å². The van der Waals surface area contributed by atoms with Crippen LogP contribution in [0.5, 0.6) is 5.75 Å². The molecule has 2 aromatic carbocycles. The summed E-state index contributed by atoms with van der Waals surface area (Å²) < 4.78 is 11.1. The summed E-state index contributed by atoms with van der Waals surface area (Å²) in [5.74, 6) is 0.995. The van der Waals surface area contributed by atoms with E-state index >= 15 is 0 Å². The number of carbonyl (C=O) groups excluding carboxylic acids is 1. The number of thioether (sulfide) groups is 1. The Bertz CT molecular complexity index is 1290. The third kappa shape index (κ3) is 4.42. The molecule has 0 bridgehead atoms. The number of hydrogen-bond acceptors (Lipinski definition) is 7. The minimum Gasteiger partial charge on any atom is -0.496 e. The van der Waals surface area contributed by atoms with Gasteiger partial charge in [0.15, 0.2) is 5.17 Å². The second-order valence-corrected chi connectivity index (χ2v) is 8.15.